The molecule has 2 nitrogen and oxygen atoms in total. The van der Waals surface area contributed by atoms with Crippen LogP contribution < -0.4 is 5.73 Å². The van der Waals surface area contributed by atoms with E-state index in [0.717, 1.165) is 12.8 Å². The molecule has 0 aromatic rings. The Hall–Kier alpha value is -0.340. The Labute approximate surface area is 94.6 Å². The van der Waals surface area contributed by atoms with E-state index in [2.05, 4.69) is 34.3 Å². The van der Waals surface area contributed by atoms with Gasteiger partial charge in [0.05, 0.1) is 6.10 Å². The smallest absolute Gasteiger partial charge is 0.0693 e. The number of nitrogens with two attached hydrogens (primary N) is 1. The number of hydrogen-bond donors (Lipinski definition) is 2. The summed E-state index contributed by atoms with van der Waals surface area (Å²) in [4.78, 5) is 0. The van der Waals surface area contributed by atoms with Crippen molar-refractivity contribution in [2.75, 3.05) is 0 Å². The molecule has 15 heavy (non-hydrogen) atoms. The fraction of sp³-hybridized carbons (Fsp3) is 0.846. The lowest BCUT2D eigenvalue weighted by Crippen LogP contribution is -2.37. The lowest BCUT2D eigenvalue weighted by molar-refractivity contribution is 0.109. The van der Waals surface area contributed by atoms with Crippen molar-refractivity contribution in [2.24, 2.45) is 23.5 Å². The van der Waals surface area contributed by atoms with Gasteiger partial charge in [-0.25, -0.2) is 0 Å². The predicted octanol–water partition coefficient (Wildman–Crippen LogP) is 2.57. The average Bonchev–Trinajstić information content (AvgIpc) is 2.11. The number of hydrogen-bond acceptors (Lipinski definition) is 2. The molecule has 0 amide bonds. The van der Waals surface area contributed by atoms with Crippen LogP contribution in [0.2, 0.25) is 0 Å². The predicted molar refractivity (Wildman–Crippen MR) is 66.6 cm³/mol. The molecule has 0 aromatic heterocycles. The quantitative estimate of drug-likeness (QED) is 0.638. The first kappa shape index (κ1) is 14.7. The van der Waals surface area contributed by atoms with Gasteiger partial charge in [-0.15, -0.1) is 6.58 Å². The van der Waals surface area contributed by atoms with E-state index < -0.39 is 0 Å². The summed E-state index contributed by atoms with van der Waals surface area (Å²) in [7, 11) is 0. The molecule has 3 atom stereocenters. The third-order valence-electron chi connectivity index (χ3n) is 2.91. The van der Waals surface area contributed by atoms with Gasteiger partial charge in [-0.3, -0.25) is 0 Å². The first-order valence-electron chi connectivity index (χ1n) is 5.94. The van der Waals surface area contributed by atoms with Gasteiger partial charge in [0.1, 0.15) is 0 Å². The highest BCUT2D eigenvalue weighted by molar-refractivity contribution is 4.86. The van der Waals surface area contributed by atoms with E-state index in [4.69, 9.17) is 5.73 Å². The minimum atomic E-state index is -0.383. The van der Waals surface area contributed by atoms with Crippen LogP contribution in [0.15, 0.2) is 12.7 Å². The Morgan fingerprint density at radius 3 is 2.07 bits per heavy atom. The minimum Gasteiger partial charge on any atom is -0.392 e. The molecule has 0 aliphatic carbocycles. The molecule has 0 saturated heterocycles. The van der Waals surface area contributed by atoms with Crippen LogP contribution in [-0.4, -0.2) is 17.3 Å². The van der Waals surface area contributed by atoms with Crippen molar-refractivity contribution >= 4 is 0 Å². The molecule has 0 rings (SSSR count). The topological polar surface area (TPSA) is 46.2 Å². The van der Waals surface area contributed by atoms with E-state index in [1.165, 1.54) is 0 Å². The van der Waals surface area contributed by atoms with Gasteiger partial charge in [0.25, 0.3) is 0 Å². The van der Waals surface area contributed by atoms with Gasteiger partial charge in [0.15, 0.2) is 0 Å². The highest BCUT2D eigenvalue weighted by Gasteiger charge is 2.20. The molecule has 0 spiro atoms. The summed E-state index contributed by atoms with van der Waals surface area (Å²) in [6.45, 7) is 12.3. The molecule has 0 saturated carbocycles. The summed E-state index contributed by atoms with van der Waals surface area (Å²) in [5.74, 6) is 1.44. The molecular formula is C13H27NO. The summed E-state index contributed by atoms with van der Waals surface area (Å²) in [5, 5.41) is 9.85. The van der Waals surface area contributed by atoms with Gasteiger partial charge in [-0.1, -0.05) is 33.8 Å². The van der Waals surface area contributed by atoms with Crippen molar-refractivity contribution in [2.45, 2.75) is 52.7 Å². The molecule has 1 unspecified atom stereocenters. The number of aliphatic hydroxyl groups is 1. The van der Waals surface area contributed by atoms with Crippen molar-refractivity contribution in [3.8, 4) is 0 Å². The van der Waals surface area contributed by atoms with Crippen LogP contribution in [0.25, 0.3) is 0 Å². The second-order valence-electron chi connectivity index (χ2n) is 5.24. The monoisotopic (exact) mass is 213 g/mol. The molecule has 0 radical (unpaired) electrons. The highest BCUT2D eigenvalue weighted by atomic mass is 16.3. The molecule has 0 aromatic carbocycles. The van der Waals surface area contributed by atoms with E-state index in [1.54, 1.807) is 0 Å². The number of rotatable bonds is 7. The molecule has 0 heterocycles. The zero-order valence-corrected chi connectivity index (χ0v) is 10.6. The second kappa shape index (κ2) is 7.02. The lowest BCUT2D eigenvalue weighted by Gasteiger charge is -2.25. The number of aliphatic hydroxyl groups excluding tert-OH is 1. The van der Waals surface area contributed by atoms with Crippen molar-refractivity contribution in [3.63, 3.8) is 0 Å². The van der Waals surface area contributed by atoms with Crippen LogP contribution in [-0.2, 0) is 0 Å². The summed E-state index contributed by atoms with van der Waals surface area (Å²) in [5.41, 5.74) is 5.98. The highest BCUT2D eigenvalue weighted by Crippen LogP contribution is 2.20. The normalized spacial score (nSPS) is 17.9. The molecule has 90 valence electrons. The summed E-state index contributed by atoms with van der Waals surface area (Å²) >= 11 is 0. The third kappa shape index (κ3) is 5.95. The van der Waals surface area contributed by atoms with E-state index in [1.807, 2.05) is 6.08 Å². The standard InChI is InChI=1S/C13H27NO/c1-6-11(10(4)5)8-12(14)13(15)7-9(2)3/h6,9-13,15H,1,7-8,14H2,2-5H3/t11?,12-,13-/m0/s1. The molecule has 0 fully saturated rings. The maximum absolute atomic E-state index is 9.85. The average molecular weight is 213 g/mol. The first-order chi connectivity index (χ1) is 6.88. The molecule has 0 aliphatic heterocycles. The van der Waals surface area contributed by atoms with Gasteiger partial charge in [0, 0.05) is 6.04 Å². The molecular weight excluding hydrogens is 186 g/mol. The van der Waals surface area contributed by atoms with Crippen molar-refractivity contribution < 1.29 is 5.11 Å². The van der Waals surface area contributed by atoms with Crippen molar-refractivity contribution in [1.82, 2.24) is 0 Å². The van der Waals surface area contributed by atoms with Crippen molar-refractivity contribution in [1.29, 1.82) is 0 Å². The maximum atomic E-state index is 9.85. The van der Waals surface area contributed by atoms with E-state index >= 15 is 0 Å². The SMILES string of the molecule is C=CC(C[C@H](N)[C@@H](O)CC(C)C)C(C)C. The van der Waals surface area contributed by atoms with Gasteiger partial charge in [-0.05, 0) is 30.6 Å². The summed E-state index contributed by atoms with van der Waals surface area (Å²) in [6, 6.07) is -0.127. The van der Waals surface area contributed by atoms with Crippen LogP contribution >= 0.6 is 0 Å². The zero-order chi connectivity index (χ0) is 12.0. The summed E-state index contributed by atoms with van der Waals surface area (Å²) in [6.07, 6.45) is 3.18. The second-order valence-corrected chi connectivity index (χ2v) is 5.24. The maximum Gasteiger partial charge on any atom is 0.0693 e. The van der Waals surface area contributed by atoms with Crippen LogP contribution in [0.4, 0.5) is 0 Å². The molecule has 0 bridgehead atoms. The summed E-state index contributed by atoms with van der Waals surface area (Å²) < 4.78 is 0. The Kier molecular flexibility index (Phi) is 6.86. The van der Waals surface area contributed by atoms with Gasteiger partial charge in [-0.2, -0.15) is 0 Å². The first-order valence-corrected chi connectivity index (χ1v) is 5.94. The fourth-order valence-electron chi connectivity index (χ4n) is 1.77. The minimum absolute atomic E-state index is 0.127. The molecule has 2 heteroatoms. The Morgan fingerprint density at radius 1 is 1.20 bits per heavy atom. The van der Waals surface area contributed by atoms with Crippen LogP contribution in [0.3, 0.4) is 0 Å². The van der Waals surface area contributed by atoms with E-state index in [-0.39, 0.29) is 12.1 Å². The lowest BCUT2D eigenvalue weighted by atomic mass is 9.86. The van der Waals surface area contributed by atoms with Gasteiger partial charge in [0.2, 0.25) is 0 Å². The van der Waals surface area contributed by atoms with Crippen LogP contribution in [0, 0.1) is 17.8 Å². The van der Waals surface area contributed by atoms with Crippen LogP contribution in [0.5, 0.6) is 0 Å². The van der Waals surface area contributed by atoms with Crippen molar-refractivity contribution in [3.05, 3.63) is 12.7 Å². The Morgan fingerprint density at radius 2 is 1.73 bits per heavy atom. The van der Waals surface area contributed by atoms with E-state index in [0.29, 0.717) is 17.8 Å². The van der Waals surface area contributed by atoms with Gasteiger partial charge < -0.3 is 10.8 Å². The zero-order valence-electron chi connectivity index (χ0n) is 10.6. The van der Waals surface area contributed by atoms with Crippen LogP contribution in [0.1, 0.15) is 40.5 Å². The largest absolute Gasteiger partial charge is 0.392 e. The number of allylic oxidation sites excluding steroid dienone is 1. The Balaban J connectivity index is 4.09. The third-order valence-corrected chi connectivity index (χ3v) is 2.91. The van der Waals surface area contributed by atoms with Gasteiger partial charge >= 0.3 is 0 Å². The fourth-order valence-corrected chi connectivity index (χ4v) is 1.77. The Bertz CT molecular complexity index is 177. The van der Waals surface area contributed by atoms with E-state index in [9.17, 15) is 5.11 Å². The molecule has 0 aliphatic rings. The molecule has 3 N–H and O–H groups in total.